The van der Waals surface area contributed by atoms with E-state index in [-0.39, 0.29) is 18.5 Å². The zero-order valence-electron chi connectivity index (χ0n) is 15.4. The summed E-state index contributed by atoms with van der Waals surface area (Å²) < 4.78 is 2.06. The number of benzene rings is 1. The minimum atomic E-state index is -0.713. The second-order valence-electron chi connectivity index (χ2n) is 6.76. The molecule has 25 heavy (non-hydrogen) atoms. The molecule has 1 heterocycles. The average molecular weight is 344 g/mol. The number of nitrogens with one attached hydrogen (secondary N) is 2. The van der Waals surface area contributed by atoms with Crippen LogP contribution in [-0.4, -0.2) is 33.8 Å². The Bertz CT molecular complexity index is 691. The highest BCUT2D eigenvalue weighted by molar-refractivity contribution is 5.73. The average Bonchev–Trinajstić information content (AvgIpc) is 2.94. The van der Waals surface area contributed by atoms with E-state index in [1.54, 1.807) is 6.20 Å². The van der Waals surface area contributed by atoms with Crippen molar-refractivity contribution >= 4 is 6.03 Å². The number of aromatic nitrogens is 2. The van der Waals surface area contributed by atoms with Crippen LogP contribution < -0.4 is 10.6 Å². The minimum absolute atomic E-state index is 0.184. The molecule has 1 aromatic carbocycles. The van der Waals surface area contributed by atoms with Crippen molar-refractivity contribution in [1.29, 1.82) is 0 Å². The SMILES string of the molecule is Cc1cc(C)cc([C@@H](O)CNC(=O)NC[C@H](C)Cn2ccnc2C)c1. The van der Waals surface area contributed by atoms with Crippen molar-refractivity contribution in [2.45, 2.75) is 40.3 Å². The van der Waals surface area contributed by atoms with Crippen molar-refractivity contribution in [3.8, 4) is 0 Å². The fraction of sp³-hybridized carbons (Fsp3) is 0.474. The Hall–Kier alpha value is -2.34. The summed E-state index contributed by atoms with van der Waals surface area (Å²) >= 11 is 0. The Kier molecular flexibility index (Phi) is 6.58. The molecular formula is C19H28N4O2. The van der Waals surface area contributed by atoms with Crippen LogP contribution in [0.5, 0.6) is 0 Å². The molecule has 6 heteroatoms. The third kappa shape index (κ3) is 5.90. The van der Waals surface area contributed by atoms with E-state index in [2.05, 4.69) is 33.2 Å². The molecule has 0 radical (unpaired) electrons. The molecule has 0 aliphatic rings. The lowest BCUT2D eigenvalue weighted by Crippen LogP contribution is -2.40. The van der Waals surface area contributed by atoms with Gasteiger partial charge in [0.1, 0.15) is 5.82 Å². The van der Waals surface area contributed by atoms with Crippen LogP contribution in [0.4, 0.5) is 4.79 Å². The molecule has 2 aromatic rings. The summed E-state index contributed by atoms with van der Waals surface area (Å²) in [6.45, 7) is 9.56. The molecule has 0 saturated carbocycles. The largest absolute Gasteiger partial charge is 0.387 e. The lowest BCUT2D eigenvalue weighted by molar-refractivity contribution is 0.172. The zero-order valence-corrected chi connectivity index (χ0v) is 15.4. The second kappa shape index (κ2) is 8.67. The molecule has 0 aliphatic heterocycles. The molecule has 0 fully saturated rings. The first-order valence-electron chi connectivity index (χ1n) is 8.61. The van der Waals surface area contributed by atoms with Gasteiger partial charge in [-0.3, -0.25) is 0 Å². The van der Waals surface area contributed by atoms with Crippen molar-refractivity contribution in [3.05, 3.63) is 53.1 Å². The van der Waals surface area contributed by atoms with Gasteiger partial charge in [-0.2, -0.15) is 0 Å². The molecule has 6 nitrogen and oxygen atoms in total. The minimum Gasteiger partial charge on any atom is -0.387 e. The second-order valence-corrected chi connectivity index (χ2v) is 6.76. The summed E-state index contributed by atoms with van der Waals surface area (Å²) in [6.07, 6.45) is 3.00. The smallest absolute Gasteiger partial charge is 0.314 e. The highest BCUT2D eigenvalue weighted by Crippen LogP contribution is 2.16. The van der Waals surface area contributed by atoms with Gasteiger partial charge in [0, 0.05) is 32.0 Å². The highest BCUT2D eigenvalue weighted by Gasteiger charge is 2.11. The Morgan fingerprint density at radius 3 is 2.40 bits per heavy atom. The third-order valence-electron chi connectivity index (χ3n) is 4.13. The molecular weight excluding hydrogens is 316 g/mol. The van der Waals surface area contributed by atoms with E-state index in [4.69, 9.17) is 0 Å². The Morgan fingerprint density at radius 1 is 1.16 bits per heavy atom. The van der Waals surface area contributed by atoms with Gasteiger partial charge in [0.25, 0.3) is 0 Å². The normalized spacial score (nSPS) is 13.3. The molecule has 0 unspecified atom stereocenters. The fourth-order valence-corrected chi connectivity index (χ4v) is 2.84. The monoisotopic (exact) mass is 344 g/mol. The quantitative estimate of drug-likeness (QED) is 0.722. The zero-order chi connectivity index (χ0) is 18.4. The predicted octanol–water partition coefficient (Wildman–Crippen LogP) is 2.48. The Morgan fingerprint density at radius 2 is 1.80 bits per heavy atom. The van der Waals surface area contributed by atoms with Crippen LogP contribution >= 0.6 is 0 Å². The molecule has 3 N–H and O–H groups in total. The number of urea groups is 1. The van der Waals surface area contributed by atoms with E-state index in [1.807, 2.05) is 39.1 Å². The number of carbonyl (C=O) groups is 1. The van der Waals surface area contributed by atoms with E-state index in [0.29, 0.717) is 6.54 Å². The van der Waals surface area contributed by atoms with Crippen LogP contribution in [0.15, 0.2) is 30.6 Å². The van der Waals surface area contributed by atoms with Gasteiger partial charge in [-0.25, -0.2) is 9.78 Å². The van der Waals surface area contributed by atoms with E-state index >= 15 is 0 Å². The number of aliphatic hydroxyl groups is 1. The predicted molar refractivity (Wildman–Crippen MR) is 98.4 cm³/mol. The topological polar surface area (TPSA) is 79.2 Å². The van der Waals surface area contributed by atoms with Gasteiger partial charge in [-0.15, -0.1) is 0 Å². The van der Waals surface area contributed by atoms with Crippen LogP contribution in [0.25, 0.3) is 0 Å². The molecule has 0 saturated heterocycles. The third-order valence-corrected chi connectivity index (χ3v) is 4.13. The van der Waals surface area contributed by atoms with Crippen LogP contribution in [0.2, 0.25) is 0 Å². The van der Waals surface area contributed by atoms with Crippen LogP contribution in [-0.2, 0) is 6.54 Å². The van der Waals surface area contributed by atoms with Crippen molar-refractivity contribution in [1.82, 2.24) is 20.2 Å². The van der Waals surface area contributed by atoms with Crippen molar-refractivity contribution in [3.63, 3.8) is 0 Å². The molecule has 0 bridgehead atoms. The summed E-state index contributed by atoms with van der Waals surface area (Å²) in [5, 5.41) is 15.8. The van der Waals surface area contributed by atoms with Gasteiger partial charge in [-0.1, -0.05) is 36.2 Å². The van der Waals surface area contributed by atoms with Gasteiger partial charge >= 0.3 is 6.03 Å². The van der Waals surface area contributed by atoms with Gasteiger partial charge in [0.15, 0.2) is 0 Å². The van der Waals surface area contributed by atoms with E-state index in [0.717, 1.165) is 29.1 Å². The first-order valence-corrected chi connectivity index (χ1v) is 8.61. The molecule has 2 atom stereocenters. The molecule has 2 amide bonds. The Labute approximate surface area is 149 Å². The molecule has 2 rings (SSSR count). The van der Waals surface area contributed by atoms with E-state index in [1.165, 1.54) is 0 Å². The Balaban J connectivity index is 1.73. The number of hydrogen-bond donors (Lipinski definition) is 3. The maximum absolute atomic E-state index is 11.9. The van der Waals surface area contributed by atoms with Gasteiger partial charge in [0.05, 0.1) is 6.10 Å². The summed E-state index contributed by atoms with van der Waals surface area (Å²) in [5.74, 6) is 1.25. The maximum atomic E-state index is 11.9. The molecule has 136 valence electrons. The van der Waals surface area contributed by atoms with Crippen molar-refractivity contribution < 1.29 is 9.90 Å². The first-order chi connectivity index (χ1) is 11.8. The van der Waals surface area contributed by atoms with E-state index in [9.17, 15) is 9.90 Å². The van der Waals surface area contributed by atoms with Crippen LogP contribution in [0, 0.1) is 26.7 Å². The number of imidazole rings is 1. The standard InChI is InChI=1S/C19H28N4O2/c1-13-7-14(2)9-17(8-13)18(24)11-22-19(25)21-10-15(3)12-23-6-5-20-16(23)4/h5-9,15,18,24H,10-12H2,1-4H3,(H2,21,22,25)/t15-,18-/m0/s1. The number of amides is 2. The number of carbonyl (C=O) groups excluding carboxylic acids is 1. The maximum Gasteiger partial charge on any atom is 0.314 e. The molecule has 0 aliphatic carbocycles. The van der Waals surface area contributed by atoms with Gasteiger partial charge < -0.3 is 20.3 Å². The molecule has 1 aromatic heterocycles. The first kappa shape index (κ1) is 19.0. The summed E-state index contributed by atoms with van der Waals surface area (Å²) in [5.41, 5.74) is 3.02. The van der Waals surface area contributed by atoms with Crippen LogP contribution in [0.3, 0.4) is 0 Å². The fourth-order valence-electron chi connectivity index (χ4n) is 2.84. The van der Waals surface area contributed by atoms with Gasteiger partial charge in [0.2, 0.25) is 0 Å². The van der Waals surface area contributed by atoms with Gasteiger partial charge in [-0.05, 0) is 32.3 Å². The van der Waals surface area contributed by atoms with Crippen molar-refractivity contribution in [2.75, 3.05) is 13.1 Å². The molecule has 0 spiro atoms. The van der Waals surface area contributed by atoms with Crippen LogP contribution in [0.1, 0.15) is 35.5 Å². The summed E-state index contributed by atoms with van der Waals surface area (Å²) in [7, 11) is 0. The van der Waals surface area contributed by atoms with Crippen molar-refractivity contribution in [2.24, 2.45) is 5.92 Å². The lowest BCUT2D eigenvalue weighted by atomic mass is 10.0. The number of hydrogen-bond acceptors (Lipinski definition) is 3. The number of aliphatic hydroxyl groups excluding tert-OH is 1. The number of rotatable bonds is 7. The summed E-state index contributed by atoms with van der Waals surface area (Å²) in [4.78, 5) is 16.1. The summed E-state index contributed by atoms with van der Waals surface area (Å²) in [6, 6.07) is 5.66. The number of nitrogens with zero attached hydrogens (tertiary/aromatic N) is 2. The van der Waals surface area contributed by atoms with E-state index < -0.39 is 6.10 Å². The number of aryl methyl sites for hydroxylation is 3. The lowest BCUT2D eigenvalue weighted by Gasteiger charge is -2.17. The highest BCUT2D eigenvalue weighted by atomic mass is 16.3.